The molecule has 3 amide bonds. The Balaban J connectivity index is 1.60. The minimum atomic E-state index is -0.678. The maximum atomic E-state index is 12.8. The number of amides is 3. The van der Waals surface area contributed by atoms with Gasteiger partial charge in [0, 0.05) is 33.1 Å². The van der Waals surface area contributed by atoms with Gasteiger partial charge in [-0.05, 0) is 0 Å². The summed E-state index contributed by atoms with van der Waals surface area (Å²) in [6.45, 7) is 5.74. The summed E-state index contributed by atoms with van der Waals surface area (Å²) in [4.78, 5) is 50.2. The van der Waals surface area contributed by atoms with Gasteiger partial charge in [0.25, 0.3) is 0 Å². The molecule has 0 aromatic heterocycles. The zero-order valence-corrected chi connectivity index (χ0v) is 24.6. The molecular weight excluding hydrogens is 676 g/mol. The van der Waals surface area contributed by atoms with Gasteiger partial charge in [-0.15, -0.1) is 0 Å². The second-order valence-electron chi connectivity index (χ2n) is 7.99. The third-order valence-electron chi connectivity index (χ3n) is 5.84. The fourth-order valence-corrected chi connectivity index (χ4v) is 6.57. The number of hydrogen-bond donors (Lipinski definition) is 3. The molecule has 0 bridgehead atoms. The van der Waals surface area contributed by atoms with Crippen LogP contribution in [-0.4, -0.2) is 110 Å². The van der Waals surface area contributed by atoms with Gasteiger partial charge in [0.15, 0.2) is 0 Å². The number of aliphatic imine (C=N–C) groups is 2. The van der Waals surface area contributed by atoms with E-state index in [1.807, 2.05) is 11.8 Å². The normalized spacial score (nSPS) is 23.6. The average Bonchev–Trinajstić information content (AvgIpc) is 2.83. The van der Waals surface area contributed by atoms with E-state index in [-0.39, 0.29) is 34.0 Å². The van der Waals surface area contributed by atoms with Crippen LogP contribution in [0, 0.1) is 0 Å². The summed E-state index contributed by atoms with van der Waals surface area (Å²) >= 11 is 7.16. The average molecular weight is 703 g/mol. The van der Waals surface area contributed by atoms with Gasteiger partial charge in [-0.2, -0.15) is 0 Å². The molecule has 0 aromatic rings. The number of hydrogen-bond acceptors (Lipinski definition) is 9. The molecule has 3 rings (SSSR count). The minimum absolute atomic E-state index is 0.0428. The standard InChI is InChI=1S/C20H28N10O3S2.W/c1-11-13(8-25-27-19(21)29-6-4-28(5-7-29)12(2)31)10-35-18-15(17(33)30(11)18)26-16(32)14(23-3)9-24-20(22)34;/h8,15,18,34H,4-7,10,22H2,1-3H3,(H2,21,27)(H,26,32);/p-1/b23-14?,25-8+;/t15-,18-;/m1./s1. The molecule has 36 heavy (non-hydrogen) atoms. The van der Waals surface area contributed by atoms with Crippen LogP contribution in [0.2, 0.25) is 0 Å². The van der Waals surface area contributed by atoms with Crippen LogP contribution in [0.1, 0.15) is 13.8 Å². The van der Waals surface area contributed by atoms with Crippen LogP contribution in [0.4, 0.5) is 0 Å². The maximum absolute atomic E-state index is 12.8. The summed E-state index contributed by atoms with van der Waals surface area (Å²) in [5.74, 6) is 0.192. The summed E-state index contributed by atoms with van der Waals surface area (Å²) in [5, 5.41) is 10.6. The molecule has 0 spiro atoms. The molecule has 16 heteroatoms. The molecule has 2 fully saturated rings. The Hall–Kier alpha value is -2.64. The molecule has 0 aliphatic carbocycles. The first-order valence-corrected chi connectivity index (χ1v) is 13.8. The van der Waals surface area contributed by atoms with Crippen molar-refractivity contribution in [2.24, 2.45) is 31.7 Å². The van der Waals surface area contributed by atoms with Gasteiger partial charge >= 0.3 is 165 Å². The third-order valence-corrected chi connectivity index (χ3v) is 8.26. The van der Waals surface area contributed by atoms with E-state index < -0.39 is 11.9 Å². The molecule has 0 aromatic carbocycles. The van der Waals surface area contributed by atoms with E-state index in [2.05, 4.69) is 25.5 Å². The topological polar surface area (TPSA) is 174 Å². The number of carbonyl (C=O) groups excluding carboxylic acids is 3. The molecule has 2 atom stereocenters. The molecule has 0 saturated carbocycles. The molecule has 13 nitrogen and oxygen atoms in total. The quantitative estimate of drug-likeness (QED) is 0.0914. The summed E-state index contributed by atoms with van der Waals surface area (Å²) in [7, 11) is 1.47. The van der Waals surface area contributed by atoms with E-state index in [0.717, 1.165) is 30.6 Å². The predicted octanol–water partition coefficient (Wildman–Crippen LogP) is -2.27. The first-order valence-electron chi connectivity index (χ1n) is 10.9. The van der Waals surface area contributed by atoms with Gasteiger partial charge in [-0.25, -0.2) is 0 Å². The van der Waals surface area contributed by atoms with E-state index in [0.29, 0.717) is 36.0 Å². The number of β-lactam (4-membered cyclic amide) rings is 1. The van der Waals surface area contributed by atoms with E-state index in [1.165, 1.54) is 18.8 Å². The van der Waals surface area contributed by atoms with Crippen LogP contribution in [0.5, 0.6) is 0 Å². The second-order valence-corrected chi connectivity index (χ2v) is 10.9. The number of allylic oxidation sites excluding steroid dienone is 1. The summed E-state index contributed by atoms with van der Waals surface area (Å²) in [6.07, 6.45) is 1.59. The monoisotopic (exact) mass is 703 g/mol. The number of nitrogens with zero attached hydrogens (tertiary/aromatic N) is 7. The molecule has 3 heterocycles. The first kappa shape index (κ1) is 27.9. The summed E-state index contributed by atoms with van der Waals surface area (Å²) in [5.41, 5.74) is 13.2. The predicted molar refractivity (Wildman–Crippen MR) is 139 cm³/mol. The Morgan fingerprint density at radius 1 is 1.22 bits per heavy atom. The molecule has 194 valence electrons. The van der Waals surface area contributed by atoms with E-state index in [1.54, 1.807) is 22.9 Å². The fraction of sp³-hybridized carbons (Fsp3) is 0.500. The Kier molecular flexibility index (Phi) is 9.36. The van der Waals surface area contributed by atoms with Gasteiger partial charge in [0.05, 0.1) is 0 Å². The van der Waals surface area contributed by atoms with Crippen LogP contribution < -0.4 is 16.8 Å². The van der Waals surface area contributed by atoms with Crippen molar-refractivity contribution in [1.29, 1.82) is 0 Å². The Morgan fingerprint density at radius 3 is 2.44 bits per heavy atom. The van der Waals surface area contributed by atoms with Crippen LogP contribution in [0.25, 0.3) is 0 Å². The number of nitrogens with two attached hydrogens (primary N) is 2. The number of fused-ring (bicyclic) bond motifs is 1. The molecular formula is C20H27N10O3S2W-. The van der Waals surface area contributed by atoms with Crippen molar-refractivity contribution in [3.8, 4) is 0 Å². The van der Waals surface area contributed by atoms with Crippen molar-refractivity contribution in [2.45, 2.75) is 25.3 Å². The second kappa shape index (κ2) is 12.1. The van der Waals surface area contributed by atoms with Gasteiger partial charge in [-0.1, -0.05) is 0 Å². The van der Waals surface area contributed by atoms with Crippen molar-refractivity contribution in [2.75, 3.05) is 39.0 Å². The molecule has 2 saturated heterocycles. The summed E-state index contributed by atoms with van der Waals surface area (Å²) < 4.78 is 0.359. The van der Waals surface area contributed by atoms with Crippen molar-refractivity contribution < 1.29 is 33.7 Å². The summed E-state index contributed by atoms with van der Waals surface area (Å²) in [6, 6.07) is -0.678. The first-order chi connectivity index (χ1) is 17.0. The Labute approximate surface area is 229 Å². The van der Waals surface area contributed by atoms with E-state index in [4.69, 9.17) is 24.1 Å². The van der Waals surface area contributed by atoms with E-state index >= 15 is 0 Å². The Morgan fingerprint density at radius 2 is 1.86 bits per heavy atom. The van der Waals surface area contributed by atoms with E-state index in [9.17, 15) is 14.4 Å². The molecule has 5 N–H and O–H groups in total. The van der Waals surface area contributed by atoms with Gasteiger partial charge in [0.2, 0.25) is 11.9 Å². The van der Waals surface area contributed by atoms with Gasteiger partial charge in [0.1, 0.15) is 0 Å². The molecule has 3 aliphatic rings. The van der Waals surface area contributed by atoms with Crippen LogP contribution in [0.15, 0.2) is 31.5 Å². The molecule has 3 aliphatic heterocycles. The molecule has 0 radical (unpaired) electrons. The number of piperazine rings is 1. The zero-order chi connectivity index (χ0) is 26.6. The zero-order valence-electron chi connectivity index (χ0n) is 20.0. The van der Waals surface area contributed by atoms with Gasteiger partial charge in [-0.3, -0.25) is 4.79 Å². The van der Waals surface area contributed by atoms with Gasteiger partial charge < -0.3 is 15.5 Å². The van der Waals surface area contributed by atoms with Crippen molar-refractivity contribution in [3.63, 3.8) is 0 Å². The van der Waals surface area contributed by atoms with Crippen LogP contribution in [-0.2, 0) is 46.4 Å². The van der Waals surface area contributed by atoms with Crippen molar-refractivity contribution in [3.05, 3.63) is 11.3 Å². The Bertz CT molecular complexity index is 1110. The van der Waals surface area contributed by atoms with Crippen LogP contribution >= 0.6 is 11.8 Å². The number of thioether (sulfide) groups is 1. The van der Waals surface area contributed by atoms with Crippen LogP contribution in [0.3, 0.4) is 0 Å². The number of rotatable bonds is 6. The number of guanidine groups is 1. The molecule has 0 unspecified atom stereocenters. The third kappa shape index (κ3) is 6.18. The number of carbonyl (C=O) groups is 3. The van der Waals surface area contributed by atoms with Crippen molar-refractivity contribution in [1.82, 2.24) is 20.0 Å². The fourth-order valence-electron chi connectivity index (χ4n) is 3.82. The van der Waals surface area contributed by atoms with Crippen molar-refractivity contribution >= 4 is 69.2 Å². The number of amidine groups is 1. The number of nitrogens with one attached hydrogen (secondary N) is 1. The SMILES string of the molecule is CN=C(C(=O)N[C@@H]1C(=O)N2C(C)=C(/C=N/N=C(N)N3CCN(C(C)=O)CC3)CS[C@H]12)[C](=[W])N=C(N)[S-].